The van der Waals surface area contributed by atoms with Crippen LogP contribution in [-0.2, 0) is 19.2 Å². The van der Waals surface area contributed by atoms with E-state index in [1.165, 1.54) is 33.5 Å². The molecule has 0 aromatic heterocycles. The molecule has 148 valence electrons. The first-order valence-electron chi connectivity index (χ1n) is 9.40. The van der Waals surface area contributed by atoms with E-state index >= 15 is 0 Å². The maximum Gasteiger partial charge on any atom is -0.0771 e. The van der Waals surface area contributed by atoms with Gasteiger partial charge in [0.05, 0.1) is 0 Å². The van der Waals surface area contributed by atoms with E-state index in [0.717, 1.165) is 6.42 Å². The molecule has 0 fully saturated rings. The maximum atomic E-state index is 3.40. The van der Waals surface area contributed by atoms with Crippen LogP contribution in [0.3, 0.4) is 0 Å². The number of hydrogen-bond acceptors (Lipinski definition) is 0. The molecule has 1 aliphatic rings. The quantitative estimate of drug-likeness (QED) is 0.265. The second-order valence-electron chi connectivity index (χ2n) is 6.72. The number of rotatable bonds is 2. The molecule has 0 saturated carbocycles. The van der Waals surface area contributed by atoms with Crippen molar-refractivity contribution >= 4 is 52.5 Å². The van der Waals surface area contributed by atoms with Crippen LogP contribution >= 0.6 is 24.8 Å². The Bertz CT molecular complexity index is 870. The van der Waals surface area contributed by atoms with E-state index < -0.39 is 0 Å². The van der Waals surface area contributed by atoms with Gasteiger partial charge < -0.3 is 0 Å². The number of hydrogen-bond donors (Lipinski definition) is 0. The molecule has 0 amide bonds. The summed E-state index contributed by atoms with van der Waals surface area (Å²) < 4.78 is 0. The molecule has 1 atom stereocenters. The Morgan fingerprint density at radius 2 is 1.39 bits per heavy atom. The molecule has 0 aliphatic heterocycles. The SMILES string of the molecule is CCC1=[C-]C(CC)C=C1.C[Si](C)=[Ti+2].Cl.Cl.c1ccc2c(c1)[cH-]c1ccccc12. The molecule has 0 N–H and O–H groups in total. The first kappa shape index (κ1) is 27.3. The fraction of sp³-hybridized carbons (Fsp3) is 0.292. The molecule has 0 radical (unpaired) electrons. The van der Waals surface area contributed by atoms with Gasteiger partial charge in [-0.3, -0.25) is 6.08 Å². The Morgan fingerprint density at radius 1 is 0.929 bits per heavy atom. The molecule has 0 bridgehead atoms. The maximum absolute atomic E-state index is 3.40. The number of allylic oxidation sites excluding steroid dienone is 4. The van der Waals surface area contributed by atoms with Crippen LogP contribution < -0.4 is 0 Å². The summed E-state index contributed by atoms with van der Waals surface area (Å²) in [6.07, 6.45) is 10.3. The minimum atomic E-state index is 0. The fourth-order valence-corrected chi connectivity index (χ4v) is 2.93. The molecule has 0 saturated heterocycles. The third-order valence-electron chi connectivity index (χ3n) is 4.24. The molecular formula is C24H30Cl2SiTi. The van der Waals surface area contributed by atoms with Crippen molar-refractivity contribution < 1.29 is 19.2 Å². The summed E-state index contributed by atoms with van der Waals surface area (Å²) in [7, 11) is 0. The summed E-state index contributed by atoms with van der Waals surface area (Å²) in [5, 5.41) is 5.39. The monoisotopic (exact) mass is 464 g/mol. The van der Waals surface area contributed by atoms with Crippen LogP contribution in [0.1, 0.15) is 26.7 Å². The van der Waals surface area contributed by atoms with Crippen LogP contribution in [0.2, 0.25) is 13.1 Å². The van der Waals surface area contributed by atoms with Gasteiger partial charge in [0, 0.05) is 0 Å². The summed E-state index contributed by atoms with van der Waals surface area (Å²) in [4.78, 5) is 0. The number of fused-ring (bicyclic) bond motifs is 3. The first-order chi connectivity index (χ1) is 12.5. The molecule has 4 heteroatoms. The average molecular weight is 465 g/mol. The summed E-state index contributed by atoms with van der Waals surface area (Å²) in [6, 6.07) is 19.3. The molecule has 0 heterocycles. The Labute approximate surface area is 194 Å². The Kier molecular flexibility index (Phi) is 14.0. The zero-order chi connectivity index (χ0) is 18.9. The third kappa shape index (κ3) is 8.35. The second-order valence-corrected chi connectivity index (χ2v) is 13.4. The van der Waals surface area contributed by atoms with Crippen LogP contribution in [0.15, 0.2) is 72.3 Å². The van der Waals surface area contributed by atoms with Gasteiger partial charge in [0.15, 0.2) is 0 Å². The topological polar surface area (TPSA) is 0 Å². The van der Waals surface area contributed by atoms with E-state index in [-0.39, 0.29) is 31.0 Å². The van der Waals surface area contributed by atoms with Gasteiger partial charge >= 0.3 is 38.5 Å². The standard InChI is InChI=1S/C13H9.C9H13.C2H6Si.2ClH.Ti/c1-3-7-12-10(5-1)9-11-6-2-4-8-13(11)12;1-3-8-5-6-9(4-2)7-8;1-3-2;;;/h1-9H;5-6,8H,3-4H2,1-2H3;1-2H3;2*1H;/q2*-1;;;;+2. The van der Waals surface area contributed by atoms with Gasteiger partial charge in [0.2, 0.25) is 0 Å². The van der Waals surface area contributed by atoms with Gasteiger partial charge in [-0.05, 0) is 0 Å². The summed E-state index contributed by atoms with van der Waals surface area (Å²) in [5.74, 6) is 0.611. The minimum absolute atomic E-state index is 0. The van der Waals surface area contributed by atoms with Crippen molar-refractivity contribution in [3.05, 3.63) is 78.4 Å². The van der Waals surface area contributed by atoms with E-state index in [4.69, 9.17) is 0 Å². The van der Waals surface area contributed by atoms with Crippen molar-refractivity contribution in [2.45, 2.75) is 39.8 Å². The van der Waals surface area contributed by atoms with E-state index in [9.17, 15) is 0 Å². The van der Waals surface area contributed by atoms with Crippen molar-refractivity contribution in [2.75, 3.05) is 0 Å². The van der Waals surface area contributed by atoms with Gasteiger partial charge in [-0.25, -0.2) is 11.6 Å². The minimum Gasteiger partial charge on any atom is -0.147 e. The van der Waals surface area contributed by atoms with Crippen molar-refractivity contribution in [3.8, 4) is 0 Å². The molecule has 1 unspecified atom stereocenters. The number of halogens is 2. The molecule has 3 aromatic rings. The van der Waals surface area contributed by atoms with Crippen LogP contribution in [0.4, 0.5) is 0 Å². The van der Waals surface area contributed by atoms with Gasteiger partial charge in [-0.15, -0.1) is 64.6 Å². The average Bonchev–Trinajstić information content (AvgIpc) is 3.26. The fourth-order valence-electron chi connectivity index (χ4n) is 2.93. The predicted octanol–water partition coefficient (Wildman–Crippen LogP) is 8.06. The van der Waals surface area contributed by atoms with Crippen molar-refractivity contribution in [1.29, 1.82) is 0 Å². The zero-order valence-corrected chi connectivity index (χ0v) is 21.4. The third-order valence-corrected chi connectivity index (χ3v) is 4.24. The summed E-state index contributed by atoms with van der Waals surface area (Å²) >= 11 is 2.27. The number of benzene rings is 2. The van der Waals surface area contributed by atoms with Crippen LogP contribution in [0.5, 0.6) is 0 Å². The van der Waals surface area contributed by atoms with Crippen molar-refractivity contribution in [1.82, 2.24) is 0 Å². The Morgan fingerprint density at radius 3 is 1.75 bits per heavy atom. The van der Waals surface area contributed by atoms with Gasteiger partial charge in [0.25, 0.3) is 0 Å². The van der Waals surface area contributed by atoms with E-state index in [1.807, 2.05) is 0 Å². The first-order valence-corrected chi connectivity index (χ1v) is 14.2. The summed E-state index contributed by atoms with van der Waals surface area (Å²) in [6.45, 7) is 8.90. The molecule has 0 nitrogen and oxygen atoms in total. The van der Waals surface area contributed by atoms with Crippen LogP contribution in [0, 0.1) is 12.0 Å². The smallest absolute Gasteiger partial charge is 0.0771 e. The van der Waals surface area contributed by atoms with Gasteiger partial charge in [-0.1, -0.05) is 69.0 Å². The molecular weight excluding hydrogens is 435 g/mol. The molecule has 0 spiro atoms. The Hall–Kier alpha value is -0.699. The van der Waals surface area contributed by atoms with Crippen molar-refractivity contribution in [3.63, 3.8) is 0 Å². The largest absolute Gasteiger partial charge is 0.147 e. The van der Waals surface area contributed by atoms with Crippen LogP contribution in [0.25, 0.3) is 21.5 Å². The van der Waals surface area contributed by atoms with Gasteiger partial charge in [-0.2, -0.15) is 6.08 Å². The normalized spacial score (nSPS) is 14.1. The molecule has 28 heavy (non-hydrogen) atoms. The van der Waals surface area contributed by atoms with E-state index in [1.54, 1.807) is 0 Å². The Balaban J connectivity index is 0.000000432. The summed E-state index contributed by atoms with van der Waals surface area (Å²) in [5.41, 5.74) is 1.38. The van der Waals surface area contributed by atoms with E-state index in [2.05, 4.69) is 119 Å². The molecule has 3 aromatic carbocycles. The van der Waals surface area contributed by atoms with E-state index in [0.29, 0.717) is 5.92 Å². The second kappa shape index (κ2) is 14.3. The van der Waals surface area contributed by atoms with Crippen molar-refractivity contribution in [2.24, 2.45) is 5.92 Å². The zero-order valence-electron chi connectivity index (χ0n) is 17.2. The molecule has 1 aliphatic carbocycles. The van der Waals surface area contributed by atoms with Gasteiger partial charge in [0.1, 0.15) is 0 Å². The predicted molar refractivity (Wildman–Crippen MR) is 129 cm³/mol. The van der Waals surface area contributed by atoms with Crippen LogP contribution in [-0.4, -0.2) is 6.19 Å². The molecule has 4 rings (SSSR count).